The van der Waals surface area contributed by atoms with Gasteiger partial charge in [0.1, 0.15) is 11.9 Å². The average molecular weight is 308 g/mol. The zero-order valence-electron chi connectivity index (χ0n) is 10.1. The molecule has 0 radical (unpaired) electrons. The molecule has 1 aliphatic heterocycles. The number of carbonyl (C=O) groups is 1. The molecule has 0 aromatic heterocycles. The molecule has 0 spiro atoms. The molecule has 1 atom stereocenters. The van der Waals surface area contributed by atoms with Crippen LogP contribution in [-0.2, 0) is 0 Å². The molecule has 2 aliphatic rings. The van der Waals surface area contributed by atoms with Crippen LogP contribution in [0.3, 0.4) is 0 Å². The Balaban J connectivity index is 2.00. The van der Waals surface area contributed by atoms with Gasteiger partial charge >= 0.3 is 6.03 Å². The molecule has 18 heavy (non-hydrogen) atoms. The van der Waals surface area contributed by atoms with Crippen LogP contribution in [0.15, 0.2) is 27.7 Å². The second kappa shape index (κ2) is 4.09. The summed E-state index contributed by atoms with van der Waals surface area (Å²) in [4.78, 5) is 17.6. The van der Waals surface area contributed by atoms with Crippen molar-refractivity contribution in [1.82, 2.24) is 4.90 Å². The van der Waals surface area contributed by atoms with Gasteiger partial charge < -0.3 is 10.6 Å². The van der Waals surface area contributed by atoms with E-state index in [1.54, 1.807) is 0 Å². The van der Waals surface area contributed by atoms with Crippen LogP contribution in [0.4, 0.5) is 4.79 Å². The molecule has 1 unspecified atom stereocenters. The van der Waals surface area contributed by atoms with Crippen LogP contribution in [0.25, 0.3) is 0 Å². The van der Waals surface area contributed by atoms with Crippen molar-refractivity contribution in [2.24, 2.45) is 10.7 Å². The molecule has 1 saturated carbocycles. The van der Waals surface area contributed by atoms with E-state index in [1.807, 2.05) is 24.0 Å². The summed E-state index contributed by atoms with van der Waals surface area (Å²) in [6.45, 7) is 2.03. The first-order valence-electron chi connectivity index (χ1n) is 6.00. The highest BCUT2D eigenvalue weighted by atomic mass is 79.9. The Bertz CT molecular complexity index is 551. The number of aryl methyl sites for hydroxylation is 1. The van der Waals surface area contributed by atoms with Crippen molar-refractivity contribution in [3.63, 3.8) is 0 Å². The molecule has 4 nitrogen and oxygen atoms in total. The summed E-state index contributed by atoms with van der Waals surface area (Å²) in [6, 6.07) is 5.99. The Morgan fingerprint density at radius 3 is 2.78 bits per heavy atom. The smallest absolute Gasteiger partial charge is 0.346 e. The predicted octanol–water partition coefficient (Wildman–Crippen LogP) is 2.75. The van der Waals surface area contributed by atoms with E-state index in [1.165, 1.54) is 0 Å². The van der Waals surface area contributed by atoms with Crippen LogP contribution in [0, 0.1) is 6.92 Å². The van der Waals surface area contributed by atoms with Gasteiger partial charge in [-0.15, -0.1) is 0 Å². The van der Waals surface area contributed by atoms with Crippen molar-refractivity contribution < 1.29 is 4.79 Å². The number of amides is 2. The summed E-state index contributed by atoms with van der Waals surface area (Å²) in [6.07, 6.45) is 2.11. The third-order valence-electron chi connectivity index (χ3n) is 3.44. The first-order chi connectivity index (χ1) is 8.58. The van der Waals surface area contributed by atoms with Gasteiger partial charge in [0.05, 0.1) is 0 Å². The summed E-state index contributed by atoms with van der Waals surface area (Å²) in [7, 11) is 0. The standard InChI is InChI=1S/C13H14BrN3O/c1-7-6-8(2-5-10(7)14)11-12(15)16-13(18)17(11)9-3-4-9/h2,5-6,9,11H,3-4H2,1H3,(H2,15,16,18). The molecule has 5 heteroatoms. The molecular formula is C13H14BrN3O. The SMILES string of the molecule is Cc1cc(C2C(N)=NC(=O)N2C2CC2)ccc1Br. The Morgan fingerprint density at radius 1 is 1.44 bits per heavy atom. The van der Waals surface area contributed by atoms with Gasteiger partial charge in [-0.25, -0.2) is 4.79 Å². The maximum Gasteiger partial charge on any atom is 0.346 e. The number of benzene rings is 1. The van der Waals surface area contributed by atoms with Gasteiger partial charge in [-0.1, -0.05) is 28.1 Å². The van der Waals surface area contributed by atoms with Crippen LogP contribution in [0.5, 0.6) is 0 Å². The molecule has 1 aliphatic carbocycles. The Labute approximate surface area is 114 Å². The van der Waals surface area contributed by atoms with E-state index in [4.69, 9.17) is 5.73 Å². The number of hydrogen-bond acceptors (Lipinski definition) is 2. The zero-order valence-corrected chi connectivity index (χ0v) is 11.6. The van der Waals surface area contributed by atoms with Gasteiger partial charge in [0.15, 0.2) is 0 Å². The lowest BCUT2D eigenvalue weighted by Crippen LogP contribution is -2.35. The zero-order chi connectivity index (χ0) is 12.9. The maximum absolute atomic E-state index is 11.9. The van der Waals surface area contributed by atoms with Crippen molar-refractivity contribution in [1.29, 1.82) is 0 Å². The van der Waals surface area contributed by atoms with Gasteiger partial charge in [0, 0.05) is 10.5 Å². The summed E-state index contributed by atoms with van der Waals surface area (Å²) >= 11 is 3.48. The molecule has 1 fully saturated rings. The Morgan fingerprint density at radius 2 is 2.17 bits per heavy atom. The highest BCUT2D eigenvalue weighted by molar-refractivity contribution is 9.10. The van der Waals surface area contributed by atoms with Gasteiger partial charge in [-0.05, 0) is 37.0 Å². The number of rotatable bonds is 2. The first-order valence-corrected chi connectivity index (χ1v) is 6.79. The fourth-order valence-corrected chi connectivity index (χ4v) is 2.62. The van der Waals surface area contributed by atoms with Crippen LogP contribution in [-0.4, -0.2) is 22.8 Å². The molecule has 0 bridgehead atoms. The second-order valence-corrected chi connectivity index (χ2v) is 5.72. The largest absolute Gasteiger partial charge is 0.385 e. The number of nitrogens with zero attached hydrogens (tertiary/aromatic N) is 2. The van der Waals surface area contributed by atoms with E-state index in [-0.39, 0.29) is 12.1 Å². The summed E-state index contributed by atoms with van der Waals surface area (Å²) < 4.78 is 1.06. The van der Waals surface area contributed by atoms with E-state index in [2.05, 4.69) is 27.0 Å². The van der Waals surface area contributed by atoms with Crippen LogP contribution in [0.1, 0.15) is 30.0 Å². The van der Waals surface area contributed by atoms with Gasteiger partial charge in [0.25, 0.3) is 0 Å². The first kappa shape index (κ1) is 11.7. The topological polar surface area (TPSA) is 58.7 Å². The minimum Gasteiger partial charge on any atom is -0.385 e. The van der Waals surface area contributed by atoms with Crippen LogP contribution < -0.4 is 5.73 Å². The second-order valence-electron chi connectivity index (χ2n) is 4.87. The molecule has 2 N–H and O–H groups in total. The molecule has 1 aromatic rings. The fraction of sp³-hybridized carbons (Fsp3) is 0.385. The summed E-state index contributed by atoms with van der Waals surface area (Å²) in [5.74, 6) is 0.411. The number of urea groups is 1. The third-order valence-corrected chi connectivity index (χ3v) is 4.33. The third kappa shape index (κ3) is 1.82. The Hall–Kier alpha value is -1.36. The predicted molar refractivity (Wildman–Crippen MR) is 73.5 cm³/mol. The van der Waals surface area contributed by atoms with Gasteiger partial charge in [0.2, 0.25) is 0 Å². The highest BCUT2D eigenvalue weighted by Crippen LogP contribution is 2.38. The fourth-order valence-electron chi connectivity index (χ4n) is 2.37. The highest BCUT2D eigenvalue weighted by Gasteiger charge is 2.43. The number of nitrogens with two attached hydrogens (primary N) is 1. The number of carbonyl (C=O) groups excluding carboxylic acids is 1. The Kier molecular flexibility index (Phi) is 2.66. The molecular weight excluding hydrogens is 294 g/mol. The summed E-state index contributed by atoms with van der Waals surface area (Å²) in [5, 5.41) is 0. The van der Waals surface area contributed by atoms with E-state index in [0.717, 1.165) is 28.4 Å². The lowest BCUT2D eigenvalue weighted by Gasteiger charge is -2.24. The number of hydrogen-bond donors (Lipinski definition) is 1. The minimum absolute atomic E-state index is 0.184. The van der Waals surface area contributed by atoms with Crippen molar-refractivity contribution >= 4 is 27.8 Å². The molecule has 0 saturated heterocycles. The van der Waals surface area contributed by atoms with Crippen LogP contribution in [0.2, 0.25) is 0 Å². The monoisotopic (exact) mass is 307 g/mol. The van der Waals surface area contributed by atoms with Crippen LogP contribution >= 0.6 is 15.9 Å². The molecule has 3 rings (SSSR count). The molecule has 2 amide bonds. The minimum atomic E-state index is -0.194. The van der Waals surface area contributed by atoms with Crippen molar-refractivity contribution in [3.05, 3.63) is 33.8 Å². The molecule has 1 aromatic carbocycles. The van der Waals surface area contributed by atoms with Crippen molar-refractivity contribution in [3.8, 4) is 0 Å². The quantitative estimate of drug-likeness (QED) is 0.913. The normalized spacial score (nSPS) is 23.4. The maximum atomic E-state index is 11.9. The van der Waals surface area contributed by atoms with Crippen molar-refractivity contribution in [2.45, 2.75) is 31.8 Å². The summed E-state index contributed by atoms with van der Waals surface area (Å²) in [5.41, 5.74) is 8.09. The lowest BCUT2D eigenvalue weighted by molar-refractivity contribution is 0.203. The van der Waals surface area contributed by atoms with E-state index < -0.39 is 0 Å². The average Bonchev–Trinajstić information content (AvgIpc) is 3.09. The van der Waals surface area contributed by atoms with E-state index >= 15 is 0 Å². The molecule has 94 valence electrons. The van der Waals surface area contributed by atoms with E-state index in [9.17, 15) is 4.79 Å². The number of aliphatic imine (C=N–C) groups is 1. The number of halogens is 1. The van der Waals surface area contributed by atoms with Gasteiger partial charge in [-0.2, -0.15) is 4.99 Å². The van der Waals surface area contributed by atoms with Gasteiger partial charge in [-0.3, -0.25) is 0 Å². The number of amidine groups is 1. The van der Waals surface area contributed by atoms with E-state index in [0.29, 0.717) is 11.9 Å². The lowest BCUT2D eigenvalue weighted by atomic mass is 10.0. The van der Waals surface area contributed by atoms with Crippen molar-refractivity contribution in [2.75, 3.05) is 0 Å². The molecule has 1 heterocycles.